The molecule has 0 spiro atoms. The molecule has 0 aliphatic heterocycles. The van der Waals surface area contributed by atoms with Gasteiger partial charge in [0.15, 0.2) is 0 Å². The molecule has 0 saturated heterocycles. The molecule has 2 atom stereocenters. The first-order chi connectivity index (χ1) is 5.86. The third-order valence-electron chi connectivity index (χ3n) is 2.31. The van der Waals surface area contributed by atoms with E-state index >= 15 is 0 Å². The first-order valence-corrected chi connectivity index (χ1v) is 5.82. The fourth-order valence-electron chi connectivity index (χ4n) is 1.77. The SMILES string of the molecule is CCSC1CCC(NCCF)C1. The molecule has 1 N–H and O–H groups in total. The van der Waals surface area contributed by atoms with Gasteiger partial charge in [-0.2, -0.15) is 11.8 Å². The van der Waals surface area contributed by atoms with E-state index in [4.69, 9.17) is 0 Å². The molecule has 1 fully saturated rings. The normalized spacial score (nSPS) is 29.5. The van der Waals surface area contributed by atoms with Gasteiger partial charge in [-0.1, -0.05) is 6.92 Å². The standard InChI is InChI=1S/C9H18FNS/c1-2-12-9-4-3-8(7-9)11-6-5-10/h8-9,11H,2-7H2,1H3. The highest BCUT2D eigenvalue weighted by Crippen LogP contribution is 2.29. The van der Waals surface area contributed by atoms with Crippen LogP contribution in [0.1, 0.15) is 26.2 Å². The number of alkyl halides is 1. The van der Waals surface area contributed by atoms with Crippen molar-refractivity contribution in [3.05, 3.63) is 0 Å². The van der Waals surface area contributed by atoms with Crippen LogP contribution < -0.4 is 5.32 Å². The topological polar surface area (TPSA) is 12.0 Å². The molecule has 12 heavy (non-hydrogen) atoms. The lowest BCUT2D eigenvalue weighted by atomic mass is 10.2. The lowest BCUT2D eigenvalue weighted by Crippen LogP contribution is -2.28. The fourth-order valence-corrected chi connectivity index (χ4v) is 2.91. The van der Waals surface area contributed by atoms with Crippen molar-refractivity contribution in [2.45, 2.75) is 37.5 Å². The summed E-state index contributed by atoms with van der Waals surface area (Å²) in [4.78, 5) is 0. The molecule has 0 amide bonds. The van der Waals surface area contributed by atoms with Crippen molar-refractivity contribution in [3.8, 4) is 0 Å². The zero-order valence-corrected chi connectivity index (χ0v) is 8.50. The summed E-state index contributed by atoms with van der Waals surface area (Å²) in [5.41, 5.74) is 0. The summed E-state index contributed by atoms with van der Waals surface area (Å²) in [6, 6.07) is 0.588. The average molecular weight is 191 g/mol. The smallest absolute Gasteiger partial charge is 0.102 e. The number of halogens is 1. The maximum Gasteiger partial charge on any atom is 0.102 e. The van der Waals surface area contributed by atoms with Gasteiger partial charge in [-0.25, -0.2) is 4.39 Å². The van der Waals surface area contributed by atoms with Crippen molar-refractivity contribution >= 4 is 11.8 Å². The van der Waals surface area contributed by atoms with Gasteiger partial charge >= 0.3 is 0 Å². The molecule has 1 saturated carbocycles. The minimum atomic E-state index is -0.234. The minimum absolute atomic E-state index is 0.234. The molecule has 1 aliphatic carbocycles. The first-order valence-electron chi connectivity index (χ1n) is 4.77. The van der Waals surface area contributed by atoms with Crippen LogP contribution in [0.2, 0.25) is 0 Å². The Hall–Kier alpha value is 0.240. The second-order valence-electron chi connectivity index (χ2n) is 3.23. The molecule has 72 valence electrons. The van der Waals surface area contributed by atoms with E-state index in [0.717, 1.165) is 5.25 Å². The number of hydrogen-bond donors (Lipinski definition) is 1. The third kappa shape index (κ3) is 3.31. The molecule has 0 aromatic heterocycles. The zero-order valence-electron chi connectivity index (χ0n) is 7.68. The van der Waals surface area contributed by atoms with Crippen LogP contribution in [0.25, 0.3) is 0 Å². The summed E-state index contributed by atoms with van der Waals surface area (Å²) in [7, 11) is 0. The Kier molecular flexibility index (Phi) is 5.00. The Bertz CT molecular complexity index is 121. The number of thioether (sulfide) groups is 1. The molecule has 0 aromatic carbocycles. The van der Waals surface area contributed by atoms with Gasteiger partial charge in [-0.3, -0.25) is 0 Å². The summed E-state index contributed by atoms with van der Waals surface area (Å²) in [5, 5.41) is 4.06. The summed E-state index contributed by atoms with van der Waals surface area (Å²) in [6.07, 6.45) is 3.78. The second kappa shape index (κ2) is 5.81. The van der Waals surface area contributed by atoms with Crippen molar-refractivity contribution in [2.24, 2.45) is 0 Å². The number of nitrogens with one attached hydrogen (secondary N) is 1. The molecule has 1 aliphatic rings. The van der Waals surface area contributed by atoms with Gasteiger partial charge < -0.3 is 5.32 Å². The van der Waals surface area contributed by atoms with Crippen molar-refractivity contribution in [1.82, 2.24) is 5.32 Å². The molecule has 1 rings (SSSR count). The molecule has 3 heteroatoms. The highest BCUT2D eigenvalue weighted by Gasteiger charge is 2.23. The first kappa shape index (κ1) is 10.3. The predicted molar refractivity (Wildman–Crippen MR) is 53.5 cm³/mol. The zero-order chi connectivity index (χ0) is 8.81. The quantitative estimate of drug-likeness (QED) is 0.715. The van der Waals surface area contributed by atoms with E-state index < -0.39 is 0 Å². The van der Waals surface area contributed by atoms with Crippen LogP contribution in [0.5, 0.6) is 0 Å². The molecule has 0 bridgehead atoms. The van der Waals surface area contributed by atoms with Gasteiger partial charge in [0.05, 0.1) is 0 Å². The molecule has 2 unspecified atom stereocenters. The van der Waals surface area contributed by atoms with Crippen molar-refractivity contribution in [2.75, 3.05) is 19.0 Å². The van der Waals surface area contributed by atoms with Crippen molar-refractivity contribution < 1.29 is 4.39 Å². The van der Waals surface area contributed by atoms with E-state index in [-0.39, 0.29) is 6.67 Å². The number of rotatable bonds is 5. The van der Waals surface area contributed by atoms with E-state index in [1.165, 1.54) is 25.0 Å². The van der Waals surface area contributed by atoms with Gasteiger partial charge in [0, 0.05) is 17.8 Å². The van der Waals surface area contributed by atoms with E-state index in [1.54, 1.807) is 0 Å². The molecule has 0 radical (unpaired) electrons. The van der Waals surface area contributed by atoms with E-state index in [1.807, 2.05) is 11.8 Å². The van der Waals surface area contributed by atoms with Crippen LogP contribution in [0.15, 0.2) is 0 Å². The van der Waals surface area contributed by atoms with Crippen LogP contribution in [-0.4, -0.2) is 30.3 Å². The lowest BCUT2D eigenvalue weighted by molar-refractivity contribution is 0.432. The minimum Gasteiger partial charge on any atom is -0.311 e. The van der Waals surface area contributed by atoms with Gasteiger partial charge in [-0.05, 0) is 25.0 Å². The van der Waals surface area contributed by atoms with Gasteiger partial charge in [0.1, 0.15) is 6.67 Å². The highest BCUT2D eigenvalue weighted by molar-refractivity contribution is 7.99. The Morgan fingerprint density at radius 3 is 3.00 bits per heavy atom. The molecular formula is C9H18FNS. The maximum absolute atomic E-state index is 11.8. The van der Waals surface area contributed by atoms with Crippen LogP contribution in [0.4, 0.5) is 4.39 Å². The van der Waals surface area contributed by atoms with Crippen LogP contribution >= 0.6 is 11.8 Å². The van der Waals surface area contributed by atoms with Crippen LogP contribution in [0, 0.1) is 0 Å². The van der Waals surface area contributed by atoms with E-state index in [9.17, 15) is 4.39 Å². The van der Waals surface area contributed by atoms with Crippen molar-refractivity contribution in [1.29, 1.82) is 0 Å². The Morgan fingerprint density at radius 2 is 2.33 bits per heavy atom. The second-order valence-corrected chi connectivity index (χ2v) is 4.81. The van der Waals surface area contributed by atoms with Crippen LogP contribution in [-0.2, 0) is 0 Å². The maximum atomic E-state index is 11.8. The van der Waals surface area contributed by atoms with Crippen LogP contribution in [0.3, 0.4) is 0 Å². The lowest BCUT2D eigenvalue weighted by Gasteiger charge is -2.10. The van der Waals surface area contributed by atoms with Gasteiger partial charge in [0.2, 0.25) is 0 Å². The van der Waals surface area contributed by atoms with Crippen molar-refractivity contribution in [3.63, 3.8) is 0 Å². The Balaban J connectivity index is 2.08. The molecular weight excluding hydrogens is 173 g/mol. The summed E-state index contributed by atoms with van der Waals surface area (Å²) >= 11 is 2.04. The largest absolute Gasteiger partial charge is 0.311 e. The fraction of sp³-hybridized carbons (Fsp3) is 1.00. The van der Waals surface area contributed by atoms with E-state index in [2.05, 4.69) is 12.2 Å². The predicted octanol–water partition coefficient (Wildman–Crippen LogP) is 2.22. The number of hydrogen-bond acceptors (Lipinski definition) is 2. The summed E-state index contributed by atoms with van der Waals surface area (Å²) in [6.45, 7) is 2.50. The average Bonchev–Trinajstić information content (AvgIpc) is 2.50. The molecule has 0 aromatic rings. The Morgan fingerprint density at radius 1 is 1.50 bits per heavy atom. The molecule has 1 nitrogen and oxygen atoms in total. The van der Waals surface area contributed by atoms with Gasteiger partial charge in [0.25, 0.3) is 0 Å². The highest BCUT2D eigenvalue weighted by atomic mass is 32.2. The Labute approximate surface area is 78.5 Å². The summed E-state index contributed by atoms with van der Waals surface area (Å²) < 4.78 is 11.8. The third-order valence-corrected chi connectivity index (χ3v) is 3.55. The summed E-state index contributed by atoms with van der Waals surface area (Å²) in [5.74, 6) is 1.21. The van der Waals surface area contributed by atoms with E-state index in [0.29, 0.717) is 12.6 Å². The monoisotopic (exact) mass is 191 g/mol. The van der Waals surface area contributed by atoms with Gasteiger partial charge in [-0.15, -0.1) is 0 Å². The molecule has 0 heterocycles.